The summed E-state index contributed by atoms with van der Waals surface area (Å²) in [5, 5.41) is 3.98. The number of rotatable bonds is 6. The average molecular weight is 448 g/mol. The molecule has 3 aliphatic heterocycles. The third-order valence-electron chi connectivity index (χ3n) is 6.80. The van der Waals surface area contributed by atoms with Crippen molar-refractivity contribution in [2.75, 3.05) is 40.8 Å². The number of quaternary nitrogens is 1. The van der Waals surface area contributed by atoms with Crippen molar-refractivity contribution in [3.05, 3.63) is 29.0 Å². The number of aromatic nitrogens is 1. The van der Waals surface area contributed by atoms with Gasteiger partial charge in [0.1, 0.15) is 5.69 Å². The van der Waals surface area contributed by atoms with Crippen LogP contribution in [-0.2, 0) is 9.59 Å². The highest BCUT2D eigenvalue weighted by Crippen LogP contribution is 2.53. The fraction of sp³-hybridized carbons (Fsp3) is 0.591. The first kappa shape index (κ1) is 20.8. The Balaban J connectivity index is 1.42. The summed E-state index contributed by atoms with van der Waals surface area (Å²) in [5.74, 6) is -0.328. The first-order valence-electron chi connectivity index (χ1n) is 10.9. The molecule has 7 nitrogen and oxygen atoms in total. The number of imide groups is 1. The minimum Gasteiger partial charge on any atom is -0.355 e. The molecule has 3 saturated heterocycles. The molecule has 0 aliphatic carbocycles. The average Bonchev–Trinajstić information content (AvgIpc) is 3.47. The van der Waals surface area contributed by atoms with Crippen molar-refractivity contribution in [2.24, 2.45) is 11.8 Å². The quantitative estimate of drug-likeness (QED) is 0.503. The maximum absolute atomic E-state index is 13.4. The summed E-state index contributed by atoms with van der Waals surface area (Å²) in [5.41, 5.74) is 0.664. The molecule has 3 aliphatic rings. The van der Waals surface area contributed by atoms with Gasteiger partial charge in [-0.15, -0.1) is 11.3 Å². The van der Waals surface area contributed by atoms with Crippen LogP contribution in [0, 0.1) is 17.0 Å². The fourth-order valence-electron chi connectivity index (χ4n) is 5.53. The number of thiophene rings is 1. The Bertz CT molecular complexity index is 1010. The van der Waals surface area contributed by atoms with Crippen LogP contribution in [0.1, 0.15) is 31.0 Å². The molecule has 3 fully saturated rings. The summed E-state index contributed by atoms with van der Waals surface area (Å²) in [4.78, 5) is 31.1. The van der Waals surface area contributed by atoms with Crippen molar-refractivity contribution in [3.63, 3.8) is 0 Å². The molecule has 0 aromatic carbocycles. The Morgan fingerprint density at radius 1 is 1.23 bits per heavy atom. The second kappa shape index (κ2) is 7.50. The van der Waals surface area contributed by atoms with Crippen molar-refractivity contribution in [1.82, 2.24) is 15.0 Å². The van der Waals surface area contributed by atoms with Crippen LogP contribution in [0.3, 0.4) is 0 Å². The summed E-state index contributed by atoms with van der Waals surface area (Å²) < 4.78 is 19.8. The Morgan fingerprint density at radius 3 is 2.71 bits per heavy atom. The number of fused-ring (bicyclic) bond motifs is 3. The van der Waals surface area contributed by atoms with Crippen LogP contribution < -0.4 is 0 Å². The minimum atomic E-state index is -0.417. The molecule has 2 amide bonds. The summed E-state index contributed by atoms with van der Waals surface area (Å²) >= 11 is 1.00. The zero-order valence-electron chi connectivity index (χ0n) is 18.1. The molecule has 2 aromatic rings. The van der Waals surface area contributed by atoms with Crippen molar-refractivity contribution < 1.29 is 23.0 Å². The molecule has 0 N–H and O–H groups in total. The Kier molecular flexibility index (Phi) is 5.02. The van der Waals surface area contributed by atoms with Crippen LogP contribution in [0.15, 0.2) is 22.7 Å². The Morgan fingerprint density at radius 2 is 2.00 bits per heavy atom. The number of carbonyl (C=O) groups is 2. The number of hydrogen-bond acceptors (Lipinski definition) is 6. The maximum Gasteiger partial charge on any atom is 0.235 e. The molecular weight excluding hydrogens is 419 g/mol. The summed E-state index contributed by atoms with van der Waals surface area (Å²) in [6, 6.07) is 4.69. The van der Waals surface area contributed by atoms with Gasteiger partial charge in [-0.25, -0.2) is 0 Å². The molecule has 9 heteroatoms. The van der Waals surface area contributed by atoms with Crippen molar-refractivity contribution in [1.29, 1.82) is 0 Å². The van der Waals surface area contributed by atoms with Crippen LogP contribution >= 0.6 is 11.3 Å². The van der Waals surface area contributed by atoms with Gasteiger partial charge < -0.3 is 9.01 Å². The number of likely N-dealkylation sites (tertiary alicyclic amines) is 1. The predicted molar refractivity (Wildman–Crippen MR) is 113 cm³/mol. The van der Waals surface area contributed by atoms with E-state index in [1.165, 1.54) is 11.0 Å². The van der Waals surface area contributed by atoms with Gasteiger partial charge in [0.15, 0.2) is 10.9 Å². The predicted octanol–water partition coefficient (Wildman–Crippen LogP) is 2.76. The maximum atomic E-state index is 13.4. The monoisotopic (exact) mass is 447 g/mol. The highest BCUT2D eigenvalue weighted by atomic mass is 32.1. The highest BCUT2D eigenvalue weighted by molar-refractivity contribution is 7.13. The fourth-order valence-corrected chi connectivity index (χ4v) is 6.21. The lowest BCUT2D eigenvalue weighted by Gasteiger charge is -2.28. The smallest absolute Gasteiger partial charge is 0.235 e. The molecule has 0 bridgehead atoms. The van der Waals surface area contributed by atoms with Gasteiger partial charge in [-0.2, -0.15) is 4.39 Å². The van der Waals surface area contributed by atoms with E-state index in [1.54, 1.807) is 6.07 Å². The topological polar surface area (TPSA) is 66.7 Å². The SMILES string of the molecule is C[N+](C)(C)CCCN1C(=O)[C@@H]2[C@H](C1=O)[C@H](c1cc(-c3ccc(F)s3)on1)N1CCC[C@@H]21. The third-order valence-corrected chi connectivity index (χ3v) is 7.69. The lowest BCUT2D eigenvalue weighted by atomic mass is 9.86. The van der Waals surface area contributed by atoms with Crippen LogP contribution in [0.5, 0.6) is 0 Å². The second-order valence-corrected chi connectivity index (χ2v) is 10.9. The normalized spacial score (nSPS) is 28.6. The number of halogens is 1. The van der Waals surface area contributed by atoms with Crippen molar-refractivity contribution >= 4 is 23.2 Å². The lowest BCUT2D eigenvalue weighted by molar-refractivity contribution is -0.870. The molecule has 0 radical (unpaired) electrons. The van der Waals surface area contributed by atoms with Crippen molar-refractivity contribution in [3.8, 4) is 10.6 Å². The van der Waals surface area contributed by atoms with E-state index in [1.807, 2.05) is 6.07 Å². The lowest BCUT2D eigenvalue weighted by Crippen LogP contribution is -2.42. The van der Waals surface area contributed by atoms with Crippen LogP contribution in [0.25, 0.3) is 10.6 Å². The van der Waals surface area contributed by atoms with Gasteiger partial charge in [0, 0.05) is 25.1 Å². The van der Waals surface area contributed by atoms with E-state index in [9.17, 15) is 14.0 Å². The molecule has 31 heavy (non-hydrogen) atoms. The summed E-state index contributed by atoms with van der Waals surface area (Å²) in [7, 11) is 6.32. The van der Waals surface area contributed by atoms with Gasteiger partial charge in [-0.05, 0) is 31.5 Å². The molecule has 5 rings (SSSR count). The zero-order valence-corrected chi connectivity index (χ0v) is 18.9. The van der Waals surface area contributed by atoms with Crippen molar-refractivity contribution in [2.45, 2.75) is 31.3 Å². The largest absolute Gasteiger partial charge is 0.355 e. The van der Waals surface area contributed by atoms with E-state index in [0.29, 0.717) is 22.9 Å². The molecule has 0 spiro atoms. The molecule has 166 valence electrons. The Hall–Kier alpha value is -2.10. The molecule has 4 atom stereocenters. The number of nitrogens with zero attached hydrogens (tertiary/aromatic N) is 4. The van der Waals surface area contributed by atoms with E-state index in [2.05, 4.69) is 31.2 Å². The number of hydrogen-bond donors (Lipinski definition) is 0. The zero-order chi connectivity index (χ0) is 21.9. The summed E-state index contributed by atoms with van der Waals surface area (Å²) in [6.07, 6.45) is 2.72. The van der Waals surface area contributed by atoms with E-state index >= 15 is 0 Å². The molecule has 0 unspecified atom stereocenters. The molecule has 2 aromatic heterocycles. The highest BCUT2D eigenvalue weighted by Gasteiger charge is 2.63. The summed E-state index contributed by atoms with van der Waals surface area (Å²) in [6.45, 7) is 2.22. The van der Waals surface area contributed by atoms with E-state index in [-0.39, 0.29) is 34.9 Å². The standard InChI is InChI=1S/C22H28FN4O3S/c1-27(2,3)11-5-10-26-21(28)18-14-6-4-9-25(14)20(19(18)22(26)29)13-12-15(30-24-13)16-7-8-17(23)31-16/h7-8,12,14,18-20H,4-6,9-11H2,1-3H3/q+1/t14-,18-,19-,20-/m0/s1. The first-order valence-corrected chi connectivity index (χ1v) is 11.7. The van der Waals surface area contributed by atoms with Crippen LogP contribution in [0.4, 0.5) is 4.39 Å². The van der Waals surface area contributed by atoms with E-state index in [0.717, 1.165) is 48.2 Å². The van der Waals surface area contributed by atoms with Gasteiger partial charge in [-0.3, -0.25) is 19.4 Å². The van der Waals surface area contributed by atoms with Crippen LogP contribution in [-0.4, -0.2) is 78.1 Å². The van der Waals surface area contributed by atoms with Gasteiger partial charge in [0.25, 0.3) is 0 Å². The third kappa shape index (κ3) is 3.52. The molecule has 0 saturated carbocycles. The molecule has 5 heterocycles. The van der Waals surface area contributed by atoms with Gasteiger partial charge in [0.05, 0.1) is 50.4 Å². The Labute approximate surface area is 185 Å². The van der Waals surface area contributed by atoms with Crippen LogP contribution in [0.2, 0.25) is 0 Å². The number of amides is 2. The van der Waals surface area contributed by atoms with Gasteiger partial charge >= 0.3 is 0 Å². The van der Waals surface area contributed by atoms with E-state index in [4.69, 9.17) is 4.52 Å². The molecular formula is C22H28FN4O3S+. The number of carbonyl (C=O) groups excluding carboxylic acids is 2. The van der Waals surface area contributed by atoms with Gasteiger partial charge in [-0.1, -0.05) is 5.16 Å². The first-order chi connectivity index (χ1) is 14.7. The van der Waals surface area contributed by atoms with Gasteiger partial charge in [0.2, 0.25) is 11.8 Å². The minimum absolute atomic E-state index is 0.0279. The second-order valence-electron chi connectivity index (χ2n) is 9.86. The van der Waals surface area contributed by atoms with E-state index < -0.39 is 5.92 Å².